The van der Waals surface area contributed by atoms with E-state index in [1.807, 2.05) is 13.8 Å². The molecule has 0 aromatic heterocycles. The molecule has 0 aliphatic heterocycles. The van der Waals surface area contributed by atoms with Gasteiger partial charge in [0.15, 0.2) is 0 Å². The van der Waals surface area contributed by atoms with E-state index in [0.717, 1.165) is 23.7 Å². The first kappa shape index (κ1) is 30.9. The second kappa shape index (κ2) is 19.7. The lowest BCUT2D eigenvalue weighted by Crippen LogP contribution is -2.15. The fraction of sp³-hybridized carbons (Fsp3) is 0.931. The fourth-order valence-electron chi connectivity index (χ4n) is 4.72. The van der Waals surface area contributed by atoms with Crippen molar-refractivity contribution in [2.24, 2.45) is 35.5 Å². The molecule has 4 atom stereocenters. The van der Waals surface area contributed by atoms with Crippen LogP contribution in [0.5, 0.6) is 0 Å². The highest BCUT2D eigenvalue weighted by Gasteiger charge is 2.19. The van der Waals surface area contributed by atoms with Crippen LogP contribution in [0.3, 0.4) is 0 Å². The summed E-state index contributed by atoms with van der Waals surface area (Å²) in [4.78, 5) is 0. The van der Waals surface area contributed by atoms with Gasteiger partial charge in [-0.25, -0.2) is 0 Å². The first-order chi connectivity index (χ1) is 13.7. The molecule has 0 heterocycles. The Labute approximate surface area is 187 Å². The highest BCUT2D eigenvalue weighted by Crippen LogP contribution is 2.30. The van der Waals surface area contributed by atoms with E-state index in [-0.39, 0.29) is 0 Å². The Morgan fingerprint density at radius 2 is 1.31 bits per heavy atom. The van der Waals surface area contributed by atoms with Crippen molar-refractivity contribution < 1.29 is 0 Å². The van der Waals surface area contributed by atoms with Gasteiger partial charge in [0.05, 0.1) is 0 Å². The van der Waals surface area contributed by atoms with Crippen LogP contribution in [-0.2, 0) is 0 Å². The predicted molar refractivity (Wildman–Crippen MR) is 138 cm³/mol. The molecule has 2 aliphatic rings. The molecule has 2 saturated carbocycles. The molecule has 0 nitrogen and oxygen atoms in total. The average Bonchev–Trinajstić information content (AvgIpc) is 3.34. The molecule has 0 aromatic carbocycles. The van der Waals surface area contributed by atoms with E-state index in [1.54, 1.807) is 0 Å². The Hall–Kier alpha value is -0.260. The molecule has 2 rings (SSSR count). The number of allylic oxidation sites excluding steroid dienone is 1. The molecule has 0 N–H and O–H groups in total. The maximum atomic E-state index is 4.23. The van der Waals surface area contributed by atoms with E-state index in [4.69, 9.17) is 0 Å². The Morgan fingerprint density at radius 3 is 1.55 bits per heavy atom. The number of hydrogen-bond acceptors (Lipinski definition) is 0. The summed E-state index contributed by atoms with van der Waals surface area (Å²) >= 11 is 0. The normalized spacial score (nSPS) is 23.1. The fourth-order valence-corrected chi connectivity index (χ4v) is 4.72. The third kappa shape index (κ3) is 16.1. The van der Waals surface area contributed by atoms with Gasteiger partial charge >= 0.3 is 0 Å². The van der Waals surface area contributed by atoms with Gasteiger partial charge in [-0.1, -0.05) is 139 Å². The summed E-state index contributed by atoms with van der Waals surface area (Å²) in [6.45, 7) is 26.7. The molecular formula is C29H60. The van der Waals surface area contributed by atoms with Gasteiger partial charge in [0.2, 0.25) is 0 Å². The molecule has 2 fully saturated rings. The highest BCUT2D eigenvalue weighted by atomic mass is 14.2. The molecule has 0 bridgehead atoms. The van der Waals surface area contributed by atoms with Crippen molar-refractivity contribution in [3.8, 4) is 0 Å². The van der Waals surface area contributed by atoms with Crippen molar-refractivity contribution >= 4 is 0 Å². The topological polar surface area (TPSA) is 0 Å². The van der Waals surface area contributed by atoms with Crippen molar-refractivity contribution in [3.63, 3.8) is 0 Å². The summed E-state index contributed by atoms with van der Waals surface area (Å²) in [5, 5.41) is 0. The molecule has 176 valence electrons. The van der Waals surface area contributed by atoms with Crippen LogP contribution in [-0.4, -0.2) is 0 Å². The van der Waals surface area contributed by atoms with Crippen molar-refractivity contribution in [2.45, 2.75) is 140 Å². The van der Waals surface area contributed by atoms with Crippen LogP contribution < -0.4 is 0 Å². The van der Waals surface area contributed by atoms with E-state index in [2.05, 4.69) is 62.0 Å². The van der Waals surface area contributed by atoms with Crippen molar-refractivity contribution in [3.05, 3.63) is 12.2 Å². The lowest BCUT2D eigenvalue weighted by molar-refractivity contribution is 0.339. The molecule has 0 spiro atoms. The lowest BCUT2D eigenvalue weighted by atomic mass is 9.79. The van der Waals surface area contributed by atoms with Gasteiger partial charge in [-0.2, -0.15) is 0 Å². The van der Waals surface area contributed by atoms with Gasteiger partial charge < -0.3 is 0 Å². The molecule has 0 amide bonds. The van der Waals surface area contributed by atoms with E-state index >= 15 is 0 Å². The van der Waals surface area contributed by atoms with Gasteiger partial charge in [-0.15, -0.1) is 0 Å². The van der Waals surface area contributed by atoms with Gasteiger partial charge in [-0.05, 0) is 48.3 Å². The predicted octanol–water partition coefficient (Wildman–Crippen LogP) is 10.7. The van der Waals surface area contributed by atoms with Crippen molar-refractivity contribution in [2.75, 3.05) is 0 Å². The Kier molecular flexibility index (Phi) is 21.0. The summed E-state index contributed by atoms with van der Waals surface area (Å²) in [5.41, 5.74) is 1.44. The first-order valence-corrected chi connectivity index (χ1v) is 13.4. The second-order valence-electron chi connectivity index (χ2n) is 10.2. The summed E-state index contributed by atoms with van der Waals surface area (Å²) in [6, 6.07) is 0. The zero-order chi connectivity index (χ0) is 22.8. The van der Waals surface area contributed by atoms with Gasteiger partial charge in [0, 0.05) is 0 Å². The summed E-state index contributed by atoms with van der Waals surface area (Å²) in [7, 11) is 0. The van der Waals surface area contributed by atoms with E-state index in [1.165, 1.54) is 76.2 Å². The van der Waals surface area contributed by atoms with Crippen LogP contribution in [0, 0.1) is 35.5 Å². The summed E-state index contributed by atoms with van der Waals surface area (Å²) < 4.78 is 0. The summed E-state index contributed by atoms with van der Waals surface area (Å²) in [5.74, 6) is 5.28. The largest absolute Gasteiger partial charge is 0.0993 e. The van der Waals surface area contributed by atoms with Crippen LogP contribution in [0.2, 0.25) is 0 Å². The molecule has 4 unspecified atom stereocenters. The Balaban J connectivity index is 0. The van der Waals surface area contributed by atoms with Crippen LogP contribution >= 0.6 is 0 Å². The average molecular weight is 409 g/mol. The molecule has 0 aromatic rings. The molecule has 2 aliphatic carbocycles. The van der Waals surface area contributed by atoms with E-state index in [9.17, 15) is 0 Å². The Morgan fingerprint density at radius 1 is 0.828 bits per heavy atom. The summed E-state index contributed by atoms with van der Waals surface area (Å²) in [6.07, 6.45) is 15.7. The molecule has 0 heteroatoms. The third-order valence-electron chi connectivity index (χ3n) is 7.09. The zero-order valence-corrected chi connectivity index (χ0v) is 22.4. The standard InChI is InChI=1S/C14H28.C7H14.C6H12.C2H6/c1-7-9-10-14(8-2)13(6)12(5)11(3)4;1-6-3-4-7(2)5-6;1-6-4-2-3-5-6;1-2/h11,13-14H,5,7-10H2,1-4,6H3;6-7H,3-5H2,1-2H3;6H,2-5H2,1H3;1-2H3. The minimum atomic E-state index is 0.640. The monoisotopic (exact) mass is 408 g/mol. The molecule has 29 heavy (non-hydrogen) atoms. The van der Waals surface area contributed by atoms with E-state index < -0.39 is 0 Å². The minimum Gasteiger partial charge on any atom is -0.0993 e. The van der Waals surface area contributed by atoms with Gasteiger partial charge in [0.1, 0.15) is 0 Å². The smallest absolute Gasteiger partial charge is 0.0204 e. The van der Waals surface area contributed by atoms with Crippen LogP contribution in [0.4, 0.5) is 0 Å². The number of hydrogen-bond donors (Lipinski definition) is 0. The molecule has 0 radical (unpaired) electrons. The zero-order valence-electron chi connectivity index (χ0n) is 22.4. The quantitative estimate of drug-likeness (QED) is 0.367. The Bertz CT molecular complexity index is 339. The van der Waals surface area contributed by atoms with Crippen molar-refractivity contribution in [1.82, 2.24) is 0 Å². The van der Waals surface area contributed by atoms with Gasteiger partial charge in [0.25, 0.3) is 0 Å². The third-order valence-corrected chi connectivity index (χ3v) is 7.09. The maximum absolute atomic E-state index is 4.23. The van der Waals surface area contributed by atoms with Crippen LogP contribution in [0.25, 0.3) is 0 Å². The SMILES string of the molecule is C=C(C(C)C)C(C)C(CC)CCCC.CC.CC1CCC(C)C1.CC1CCCC1. The second-order valence-corrected chi connectivity index (χ2v) is 10.2. The van der Waals surface area contributed by atoms with Crippen LogP contribution in [0.15, 0.2) is 12.2 Å². The molecule has 0 saturated heterocycles. The highest BCUT2D eigenvalue weighted by molar-refractivity contribution is 5.03. The maximum Gasteiger partial charge on any atom is -0.0204 e. The van der Waals surface area contributed by atoms with Crippen molar-refractivity contribution in [1.29, 1.82) is 0 Å². The molecular weight excluding hydrogens is 348 g/mol. The van der Waals surface area contributed by atoms with E-state index in [0.29, 0.717) is 11.8 Å². The first-order valence-electron chi connectivity index (χ1n) is 13.4. The van der Waals surface area contributed by atoms with Gasteiger partial charge in [-0.3, -0.25) is 0 Å². The minimum absolute atomic E-state index is 0.640. The number of unbranched alkanes of at least 4 members (excludes halogenated alkanes) is 1. The van der Waals surface area contributed by atoms with Crippen LogP contribution in [0.1, 0.15) is 140 Å². The number of rotatable bonds is 7. The lowest BCUT2D eigenvalue weighted by Gasteiger charge is -2.26.